The number of piperidine rings is 1. The van der Waals surface area contributed by atoms with Crippen LogP contribution in [0.3, 0.4) is 0 Å². The average Bonchev–Trinajstić information content (AvgIpc) is 3.35. The van der Waals surface area contributed by atoms with E-state index >= 15 is 0 Å². The minimum Gasteiger partial charge on any atom is -0.357 e. The van der Waals surface area contributed by atoms with Crippen LogP contribution in [0.5, 0.6) is 0 Å². The third-order valence-electron chi connectivity index (χ3n) is 4.38. The number of aryl methyl sites for hydroxylation is 1. The molecule has 0 atom stereocenters. The molecule has 1 saturated heterocycles. The van der Waals surface area contributed by atoms with Crippen LogP contribution in [0.1, 0.15) is 34.4 Å². The SMILES string of the molecule is Cc1nc(-c2c[nH]c(C(=O)Nc3cnn(C4CCNCC4)c3)c2)cs1. The van der Waals surface area contributed by atoms with Gasteiger partial charge in [-0.05, 0) is 38.9 Å². The van der Waals surface area contributed by atoms with Gasteiger partial charge in [-0.1, -0.05) is 0 Å². The number of nitrogens with one attached hydrogen (secondary N) is 3. The molecule has 130 valence electrons. The highest BCUT2D eigenvalue weighted by Gasteiger charge is 2.17. The minimum absolute atomic E-state index is 0.178. The molecule has 1 fully saturated rings. The van der Waals surface area contributed by atoms with Crippen molar-refractivity contribution in [3.63, 3.8) is 0 Å². The van der Waals surface area contributed by atoms with Gasteiger partial charge < -0.3 is 15.6 Å². The van der Waals surface area contributed by atoms with Crippen molar-refractivity contribution in [3.05, 3.63) is 40.7 Å². The first-order valence-corrected chi connectivity index (χ1v) is 9.24. The first-order valence-electron chi connectivity index (χ1n) is 8.36. The van der Waals surface area contributed by atoms with E-state index < -0.39 is 0 Å². The Bertz CT molecular complexity index is 873. The lowest BCUT2D eigenvalue weighted by Crippen LogP contribution is -2.29. The maximum atomic E-state index is 12.4. The summed E-state index contributed by atoms with van der Waals surface area (Å²) >= 11 is 1.59. The van der Waals surface area contributed by atoms with Crippen LogP contribution in [0.4, 0.5) is 5.69 Å². The number of amides is 1. The van der Waals surface area contributed by atoms with Crippen molar-refractivity contribution >= 4 is 22.9 Å². The van der Waals surface area contributed by atoms with Gasteiger partial charge in [0.25, 0.3) is 5.91 Å². The Hall–Kier alpha value is -2.45. The van der Waals surface area contributed by atoms with Crippen molar-refractivity contribution in [2.45, 2.75) is 25.8 Å². The van der Waals surface area contributed by atoms with Gasteiger partial charge in [0.15, 0.2) is 0 Å². The van der Waals surface area contributed by atoms with E-state index in [1.54, 1.807) is 17.5 Å². The van der Waals surface area contributed by atoms with Crippen molar-refractivity contribution in [2.75, 3.05) is 18.4 Å². The number of aromatic nitrogens is 4. The summed E-state index contributed by atoms with van der Waals surface area (Å²) in [7, 11) is 0. The molecule has 0 aliphatic carbocycles. The lowest BCUT2D eigenvalue weighted by molar-refractivity contribution is 0.102. The number of anilines is 1. The third kappa shape index (κ3) is 3.49. The summed E-state index contributed by atoms with van der Waals surface area (Å²) in [6.45, 7) is 3.98. The zero-order chi connectivity index (χ0) is 17.2. The van der Waals surface area contributed by atoms with E-state index in [2.05, 4.69) is 25.7 Å². The number of carbonyl (C=O) groups is 1. The molecule has 3 aromatic heterocycles. The van der Waals surface area contributed by atoms with Crippen molar-refractivity contribution in [2.24, 2.45) is 0 Å². The monoisotopic (exact) mass is 356 g/mol. The van der Waals surface area contributed by atoms with Crippen LogP contribution in [-0.2, 0) is 0 Å². The molecular weight excluding hydrogens is 336 g/mol. The first-order chi connectivity index (χ1) is 12.2. The van der Waals surface area contributed by atoms with E-state index in [4.69, 9.17) is 0 Å². The molecule has 0 unspecified atom stereocenters. The molecule has 4 rings (SSSR count). The second-order valence-electron chi connectivity index (χ2n) is 6.20. The second-order valence-corrected chi connectivity index (χ2v) is 7.26. The van der Waals surface area contributed by atoms with Gasteiger partial charge in [0, 0.05) is 23.3 Å². The molecule has 0 aromatic carbocycles. The molecule has 0 radical (unpaired) electrons. The molecule has 1 amide bonds. The fourth-order valence-electron chi connectivity index (χ4n) is 3.04. The van der Waals surface area contributed by atoms with Crippen molar-refractivity contribution in [1.29, 1.82) is 0 Å². The fraction of sp³-hybridized carbons (Fsp3) is 0.353. The van der Waals surface area contributed by atoms with E-state index in [9.17, 15) is 4.79 Å². The van der Waals surface area contributed by atoms with Gasteiger partial charge in [-0.3, -0.25) is 9.48 Å². The molecule has 1 aliphatic heterocycles. The molecule has 3 N–H and O–H groups in total. The molecule has 7 nitrogen and oxygen atoms in total. The Labute approximate surface area is 149 Å². The zero-order valence-electron chi connectivity index (χ0n) is 14.0. The van der Waals surface area contributed by atoms with Crippen molar-refractivity contribution in [1.82, 2.24) is 25.1 Å². The fourth-order valence-corrected chi connectivity index (χ4v) is 3.66. The number of carbonyl (C=O) groups excluding carboxylic acids is 1. The van der Waals surface area contributed by atoms with Crippen LogP contribution in [0, 0.1) is 6.92 Å². The standard InChI is InChI=1S/C17H20N6OS/c1-11-21-16(10-25-11)12-6-15(19-7-12)17(24)22-13-8-20-23(9-13)14-2-4-18-5-3-14/h6-10,14,18-19H,2-5H2,1H3,(H,22,24). The lowest BCUT2D eigenvalue weighted by atomic mass is 10.1. The van der Waals surface area contributed by atoms with Crippen LogP contribution in [-0.4, -0.2) is 38.7 Å². The molecule has 1 aliphatic rings. The summed E-state index contributed by atoms with van der Waals surface area (Å²) in [4.78, 5) is 19.9. The van der Waals surface area contributed by atoms with Crippen molar-refractivity contribution in [3.8, 4) is 11.3 Å². The van der Waals surface area contributed by atoms with E-state index in [-0.39, 0.29) is 5.91 Å². The number of nitrogens with zero attached hydrogens (tertiary/aromatic N) is 3. The maximum Gasteiger partial charge on any atom is 0.272 e. The smallest absolute Gasteiger partial charge is 0.272 e. The van der Waals surface area contributed by atoms with E-state index in [0.29, 0.717) is 17.4 Å². The predicted octanol–water partition coefficient (Wildman–Crippen LogP) is 2.82. The average molecular weight is 356 g/mol. The first kappa shape index (κ1) is 16.0. The topological polar surface area (TPSA) is 87.6 Å². The summed E-state index contributed by atoms with van der Waals surface area (Å²) in [5, 5.41) is 13.6. The molecule has 0 spiro atoms. The van der Waals surface area contributed by atoms with Gasteiger partial charge in [-0.15, -0.1) is 11.3 Å². The molecule has 0 saturated carbocycles. The number of hydrogen-bond donors (Lipinski definition) is 3. The summed E-state index contributed by atoms with van der Waals surface area (Å²) in [6.07, 6.45) is 7.53. The largest absolute Gasteiger partial charge is 0.357 e. The van der Waals surface area contributed by atoms with Gasteiger partial charge >= 0.3 is 0 Å². The molecular formula is C17H20N6OS. The summed E-state index contributed by atoms with van der Waals surface area (Å²) in [5.41, 5.74) is 3.02. The number of rotatable bonds is 4. The Morgan fingerprint density at radius 1 is 1.40 bits per heavy atom. The molecule has 8 heteroatoms. The summed E-state index contributed by atoms with van der Waals surface area (Å²) in [6, 6.07) is 2.22. The van der Waals surface area contributed by atoms with E-state index in [0.717, 1.165) is 42.2 Å². The molecule has 4 heterocycles. The second kappa shape index (κ2) is 6.81. The summed E-state index contributed by atoms with van der Waals surface area (Å²) < 4.78 is 1.95. The maximum absolute atomic E-state index is 12.4. The number of hydrogen-bond acceptors (Lipinski definition) is 5. The molecule has 0 bridgehead atoms. The van der Waals surface area contributed by atoms with Crippen LogP contribution >= 0.6 is 11.3 Å². The van der Waals surface area contributed by atoms with Crippen LogP contribution in [0.15, 0.2) is 30.0 Å². The van der Waals surface area contributed by atoms with Crippen LogP contribution in [0.25, 0.3) is 11.3 Å². The Balaban J connectivity index is 1.43. The Kier molecular flexibility index (Phi) is 4.37. The highest BCUT2D eigenvalue weighted by Crippen LogP contribution is 2.23. The lowest BCUT2D eigenvalue weighted by Gasteiger charge is -2.22. The van der Waals surface area contributed by atoms with Gasteiger partial charge in [-0.25, -0.2) is 4.98 Å². The molecule has 3 aromatic rings. The molecule has 25 heavy (non-hydrogen) atoms. The van der Waals surface area contributed by atoms with Crippen LogP contribution < -0.4 is 10.6 Å². The highest BCUT2D eigenvalue weighted by molar-refractivity contribution is 7.09. The van der Waals surface area contributed by atoms with E-state index in [1.807, 2.05) is 35.4 Å². The van der Waals surface area contributed by atoms with Gasteiger partial charge in [0.1, 0.15) is 5.69 Å². The number of thiazole rings is 1. The predicted molar refractivity (Wildman–Crippen MR) is 98.0 cm³/mol. The summed E-state index contributed by atoms with van der Waals surface area (Å²) in [5.74, 6) is -0.178. The highest BCUT2D eigenvalue weighted by atomic mass is 32.1. The van der Waals surface area contributed by atoms with Crippen LogP contribution in [0.2, 0.25) is 0 Å². The van der Waals surface area contributed by atoms with Crippen molar-refractivity contribution < 1.29 is 4.79 Å². The number of aromatic amines is 1. The van der Waals surface area contributed by atoms with Gasteiger partial charge in [0.05, 0.1) is 28.6 Å². The van der Waals surface area contributed by atoms with Gasteiger partial charge in [-0.2, -0.15) is 5.10 Å². The van der Waals surface area contributed by atoms with E-state index in [1.165, 1.54) is 0 Å². The number of H-pyrrole nitrogens is 1. The third-order valence-corrected chi connectivity index (χ3v) is 5.16. The minimum atomic E-state index is -0.178. The quantitative estimate of drug-likeness (QED) is 0.671. The normalized spacial score (nSPS) is 15.4. The Morgan fingerprint density at radius 3 is 3.00 bits per heavy atom. The van der Waals surface area contributed by atoms with Gasteiger partial charge in [0.2, 0.25) is 0 Å². The Morgan fingerprint density at radius 2 is 2.24 bits per heavy atom. The zero-order valence-corrected chi connectivity index (χ0v) is 14.8.